The van der Waals surface area contributed by atoms with Gasteiger partial charge in [-0.3, -0.25) is 14.9 Å². The normalized spacial score (nSPS) is 10.9. The molecule has 0 radical (unpaired) electrons. The SMILES string of the molecule is COc1ccc(/C=N\NC(=O)c2nnn(-c3nonc3N)c2-c2ccc([N+](=O)[O-])cc2)c(OC)c1OC. The Bertz CT molecular complexity index is 1480. The number of hydrogen-bond donors (Lipinski definition) is 2. The van der Waals surface area contributed by atoms with E-state index >= 15 is 0 Å². The lowest BCUT2D eigenvalue weighted by Crippen LogP contribution is -2.19. The zero-order chi connectivity index (χ0) is 26.5. The van der Waals surface area contributed by atoms with Crippen molar-refractivity contribution in [3.8, 4) is 34.3 Å². The molecule has 2 aromatic carbocycles. The second-order valence-corrected chi connectivity index (χ2v) is 7.10. The van der Waals surface area contributed by atoms with Crippen molar-refractivity contribution in [1.82, 2.24) is 30.7 Å². The number of hydrazone groups is 1. The Labute approximate surface area is 207 Å². The average Bonchev–Trinajstić information content (AvgIpc) is 3.54. The fraction of sp³-hybridized carbons (Fsp3) is 0.143. The van der Waals surface area contributed by atoms with E-state index in [0.29, 0.717) is 28.4 Å². The summed E-state index contributed by atoms with van der Waals surface area (Å²) in [6, 6.07) is 8.69. The summed E-state index contributed by atoms with van der Waals surface area (Å²) in [6.45, 7) is 0. The standard InChI is InChI=1S/C21H19N9O7/c1-34-14-9-6-12(17(35-2)18(14)36-3)10-23-25-21(31)15-16(11-4-7-13(8-5-11)30(32)33)29(28-24-15)20-19(22)26-37-27-20/h4-10H,1-3H3,(H2,22,26)(H,25,31)/b23-10-. The smallest absolute Gasteiger partial charge is 0.294 e. The topological polar surface area (TPSA) is 208 Å². The molecule has 0 saturated carbocycles. The zero-order valence-corrected chi connectivity index (χ0v) is 19.6. The Morgan fingerprint density at radius 1 is 1.11 bits per heavy atom. The van der Waals surface area contributed by atoms with Crippen molar-refractivity contribution in [1.29, 1.82) is 0 Å². The summed E-state index contributed by atoms with van der Waals surface area (Å²) in [4.78, 5) is 23.5. The lowest BCUT2D eigenvalue weighted by Gasteiger charge is -2.13. The number of nitro benzene ring substituents is 1. The van der Waals surface area contributed by atoms with Gasteiger partial charge in [-0.2, -0.15) is 9.78 Å². The minimum absolute atomic E-state index is 0.0292. The van der Waals surface area contributed by atoms with Gasteiger partial charge < -0.3 is 19.9 Å². The third-order valence-electron chi connectivity index (χ3n) is 5.04. The number of hydrogen-bond acceptors (Lipinski definition) is 13. The molecule has 37 heavy (non-hydrogen) atoms. The molecular formula is C21H19N9O7. The van der Waals surface area contributed by atoms with Gasteiger partial charge in [0.25, 0.3) is 11.6 Å². The second-order valence-electron chi connectivity index (χ2n) is 7.10. The Morgan fingerprint density at radius 3 is 2.43 bits per heavy atom. The molecule has 16 nitrogen and oxygen atoms in total. The van der Waals surface area contributed by atoms with Gasteiger partial charge in [-0.1, -0.05) is 5.21 Å². The summed E-state index contributed by atoms with van der Waals surface area (Å²) in [7, 11) is 4.40. The predicted molar refractivity (Wildman–Crippen MR) is 127 cm³/mol. The quantitative estimate of drug-likeness (QED) is 0.187. The van der Waals surface area contributed by atoms with Crippen LogP contribution in [0.2, 0.25) is 0 Å². The minimum atomic E-state index is -0.745. The molecule has 0 aliphatic rings. The molecular weight excluding hydrogens is 490 g/mol. The number of carbonyl (C=O) groups is 1. The van der Waals surface area contributed by atoms with Gasteiger partial charge in [0.1, 0.15) is 5.69 Å². The number of non-ortho nitro benzene ring substituents is 1. The first kappa shape index (κ1) is 24.6. The van der Waals surface area contributed by atoms with Crippen LogP contribution in [0.5, 0.6) is 17.2 Å². The number of aromatic nitrogens is 5. The molecule has 0 fully saturated rings. The number of methoxy groups -OCH3 is 3. The molecule has 0 spiro atoms. The van der Waals surface area contributed by atoms with E-state index in [-0.39, 0.29) is 28.7 Å². The van der Waals surface area contributed by atoms with Crippen molar-refractivity contribution in [3.63, 3.8) is 0 Å². The van der Waals surface area contributed by atoms with Crippen LogP contribution in [0.1, 0.15) is 16.1 Å². The van der Waals surface area contributed by atoms with Gasteiger partial charge >= 0.3 is 0 Å². The van der Waals surface area contributed by atoms with E-state index in [4.69, 9.17) is 19.9 Å². The molecule has 0 aliphatic carbocycles. The van der Waals surface area contributed by atoms with Crippen LogP contribution in [0.3, 0.4) is 0 Å². The number of nitrogens with one attached hydrogen (secondary N) is 1. The van der Waals surface area contributed by atoms with Crippen molar-refractivity contribution in [3.05, 3.63) is 57.8 Å². The molecule has 0 saturated heterocycles. The number of benzene rings is 2. The third-order valence-corrected chi connectivity index (χ3v) is 5.04. The molecule has 2 aromatic heterocycles. The molecule has 0 atom stereocenters. The van der Waals surface area contributed by atoms with Gasteiger partial charge in [-0.25, -0.2) is 10.1 Å². The first-order chi connectivity index (χ1) is 17.9. The summed E-state index contributed by atoms with van der Waals surface area (Å²) in [5, 5.41) is 30.1. The van der Waals surface area contributed by atoms with Gasteiger partial charge in [0.05, 0.1) is 32.5 Å². The van der Waals surface area contributed by atoms with Crippen LogP contribution in [0.25, 0.3) is 17.1 Å². The average molecular weight is 509 g/mol. The lowest BCUT2D eigenvalue weighted by molar-refractivity contribution is -0.384. The Morgan fingerprint density at radius 2 is 1.84 bits per heavy atom. The van der Waals surface area contributed by atoms with E-state index < -0.39 is 10.8 Å². The monoisotopic (exact) mass is 509 g/mol. The largest absolute Gasteiger partial charge is 0.493 e. The van der Waals surface area contributed by atoms with E-state index in [1.165, 1.54) is 51.8 Å². The van der Waals surface area contributed by atoms with Crippen molar-refractivity contribution < 1.29 is 28.6 Å². The van der Waals surface area contributed by atoms with E-state index in [1.54, 1.807) is 12.1 Å². The van der Waals surface area contributed by atoms with Crippen LogP contribution in [-0.4, -0.2) is 63.7 Å². The van der Waals surface area contributed by atoms with Crippen LogP contribution in [0.4, 0.5) is 11.5 Å². The fourth-order valence-corrected chi connectivity index (χ4v) is 3.36. The number of nitrogen functional groups attached to an aromatic ring is 1. The number of amides is 1. The van der Waals surface area contributed by atoms with E-state index in [1.807, 2.05) is 0 Å². The molecule has 4 rings (SSSR count). The number of carbonyl (C=O) groups excluding carboxylic acids is 1. The van der Waals surface area contributed by atoms with Gasteiger partial charge in [0.15, 0.2) is 17.2 Å². The van der Waals surface area contributed by atoms with Gasteiger partial charge in [0, 0.05) is 23.3 Å². The number of rotatable bonds is 9. The highest BCUT2D eigenvalue weighted by Gasteiger charge is 2.25. The van der Waals surface area contributed by atoms with Crippen LogP contribution >= 0.6 is 0 Å². The second kappa shape index (κ2) is 10.4. The fourth-order valence-electron chi connectivity index (χ4n) is 3.36. The lowest BCUT2D eigenvalue weighted by atomic mass is 10.1. The van der Waals surface area contributed by atoms with Crippen molar-refractivity contribution in [2.45, 2.75) is 0 Å². The summed E-state index contributed by atoms with van der Waals surface area (Å²) in [6.07, 6.45) is 1.34. The first-order valence-electron chi connectivity index (χ1n) is 10.3. The van der Waals surface area contributed by atoms with Crippen LogP contribution in [0, 0.1) is 10.1 Å². The molecule has 190 valence electrons. The molecule has 1 amide bonds. The summed E-state index contributed by atoms with van der Waals surface area (Å²) >= 11 is 0. The first-order valence-corrected chi connectivity index (χ1v) is 10.3. The highest BCUT2D eigenvalue weighted by atomic mass is 16.6. The Kier molecular flexibility index (Phi) is 6.90. The van der Waals surface area contributed by atoms with Crippen molar-refractivity contribution in [2.24, 2.45) is 5.10 Å². The van der Waals surface area contributed by atoms with Crippen LogP contribution < -0.4 is 25.4 Å². The minimum Gasteiger partial charge on any atom is -0.493 e. The van der Waals surface area contributed by atoms with E-state index in [0.717, 1.165) is 4.68 Å². The Balaban J connectivity index is 1.68. The number of ether oxygens (including phenoxy) is 3. The number of nitro groups is 1. The zero-order valence-electron chi connectivity index (χ0n) is 19.6. The summed E-state index contributed by atoms with van der Waals surface area (Å²) < 4.78 is 21.7. The third kappa shape index (κ3) is 4.70. The maximum absolute atomic E-state index is 13.0. The molecule has 2 heterocycles. The molecule has 0 unspecified atom stereocenters. The maximum Gasteiger partial charge on any atom is 0.294 e. The van der Waals surface area contributed by atoms with Crippen molar-refractivity contribution in [2.75, 3.05) is 27.1 Å². The molecule has 3 N–H and O–H groups in total. The van der Waals surface area contributed by atoms with Gasteiger partial charge in [-0.15, -0.1) is 5.10 Å². The Hall–Kier alpha value is -5.54. The van der Waals surface area contributed by atoms with Crippen LogP contribution in [-0.2, 0) is 0 Å². The van der Waals surface area contributed by atoms with Crippen LogP contribution in [0.15, 0.2) is 46.1 Å². The van der Waals surface area contributed by atoms with Gasteiger partial charge in [-0.05, 0) is 34.6 Å². The van der Waals surface area contributed by atoms with Gasteiger partial charge in [0.2, 0.25) is 17.4 Å². The summed E-state index contributed by atoms with van der Waals surface area (Å²) in [5.41, 5.74) is 8.79. The van der Waals surface area contributed by atoms with E-state index in [2.05, 4.69) is 35.8 Å². The van der Waals surface area contributed by atoms with Crippen molar-refractivity contribution >= 4 is 23.6 Å². The highest BCUT2D eigenvalue weighted by Crippen LogP contribution is 2.39. The molecule has 16 heteroatoms. The molecule has 4 aromatic rings. The number of nitrogens with zero attached hydrogens (tertiary/aromatic N) is 7. The predicted octanol–water partition coefficient (Wildman–Crippen LogP) is 1.60. The number of anilines is 1. The highest BCUT2D eigenvalue weighted by molar-refractivity contribution is 5.99. The molecule has 0 bridgehead atoms. The summed E-state index contributed by atoms with van der Waals surface area (Å²) in [5.74, 6) is 0.253. The molecule has 0 aliphatic heterocycles. The number of nitrogens with two attached hydrogens (primary N) is 1. The maximum atomic E-state index is 13.0. The van der Waals surface area contributed by atoms with E-state index in [9.17, 15) is 14.9 Å².